The lowest BCUT2D eigenvalue weighted by Crippen LogP contribution is -2.10. The first kappa shape index (κ1) is 6.53. The Morgan fingerprint density at radius 1 is 1.44 bits per heavy atom. The van der Waals surface area contributed by atoms with Crippen LogP contribution in [0.2, 0.25) is 0 Å². The molecule has 0 aromatic rings. The summed E-state index contributed by atoms with van der Waals surface area (Å²) in [4.78, 5) is 0. The third-order valence-electron chi connectivity index (χ3n) is 1.77. The first-order valence-corrected chi connectivity index (χ1v) is 3.23. The van der Waals surface area contributed by atoms with Crippen molar-refractivity contribution < 1.29 is 4.39 Å². The molecule has 0 aliphatic heterocycles. The fraction of sp³-hybridized carbons (Fsp3) is 0.500. The quantitative estimate of drug-likeness (QED) is 0.468. The van der Waals surface area contributed by atoms with Crippen LogP contribution in [0.3, 0.4) is 0 Å². The van der Waals surface area contributed by atoms with Gasteiger partial charge < -0.3 is 0 Å². The van der Waals surface area contributed by atoms with Gasteiger partial charge in [0.15, 0.2) is 0 Å². The van der Waals surface area contributed by atoms with Gasteiger partial charge in [-0.3, -0.25) is 0 Å². The molecule has 1 fully saturated rings. The molecule has 0 N–H and O–H groups in total. The molecule has 0 radical (unpaired) electrons. The average Bonchev–Trinajstić information content (AvgIpc) is 1.83. The maximum Gasteiger partial charge on any atom is 0.125 e. The van der Waals surface area contributed by atoms with E-state index in [0.717, 1.165) is 18.4 Å². The zero-order valence-corrected chi connectivity index (χ0v) is 5.49. The molecule has 0 bridgehead atoms. The minimum absolute atomic E-state index is 0.612. The van der Waals surface area contributed by atoms with Crippen LogP contribution in [0, 0.1) is 0 Å². The van der Waals surface area contributed by atoms with E-state index in [1.165, 1.54) is 0 Å². The molecule has 9 heavy (non-hydrogen) atoms. The van der Waals surface area contributed by atoms with Crippen LogP contribution in [0.4, 0.5) is 4.39 Å². The lowest BCUT2D eigenvalue weighted by Gasteiger charge is -2.19. The Kier molecular flexibility index (Phi) is 1.70. The molecule has 0 unspecified atom stereocenters. The zero-order chi connectivity index (χ0) is 6.85. The van der Waals surface area contributed by atoms with Crippen LogP contribution in [0.25, 0.3) is 0 Å². The van der Waals surface area contributed by atoms with Crippen molar-refractivity contribution in [2.75, 3.05) is 0 Å². The number of hydrogen-bond acceptors (Lipinski definition) is 0. The fourth-order valence-corrected chi connectivity index (χ4v) is 1.05. The highest BCUT2D eigenvalue weighted by Gasteiger charge is 2.18. The van der Waals surface area contributed by atoms with Gasteiger partial charge in [-0.1, -0.05) is 13.2 Å². The van der Waals surface area contributed by atoms with Crippen LogP contribution in [0.15, 0.2) is 24.3 Å². The van der Waals surface area contributed by atoms with E-state index in [0.29, 0.717) is 12.0 Å². The van der Waals surface area contributed by atoms with Crippen LogP contribution in [-0.2, 0) is 0 Å². The van der Waals surface area contributed by atoms with Gasteiger partial charge in [-0.2, -0.15) is 0 Å². The first-order valence-electron chi connectivity index (χ1n) is 3.23. The first-order chi connectivity index (χ1) is 4.22. The summed E-state index contributed by atoms with van der Waals surface area (Å²) in [5.74, 6) is 0. The van der Waals surface area contributed by atoms with E-state index < -0.39 is 6.17 Å². The standard InChI is InChI=1S/C8H11F/c1-6-4-3-5-8(9)7(6)2/h8H,1-5H2/t8-/m0/s1. The highest BCUT2D eigenvalue weighted by Crippen LogP contribution is 2.28. The minimum atomic E-state index is -0.814. The second-order valence-electron chi connectivity index (χ2n) is 2.49. The van der Waals surface area contributed by atoms with Crippen LogP contribution in [0.5, 0.6) is 0 Å². The summed E-state index contributed by atoms with van der Waals surface area (Å²) in [6, 6.07) is 0. The third kappa shape index (κ3) is 1.21. The molecule has 1 atom stereocenters. The van der Waals surface area contributed by atoms with Crippen LogP contribution >= 0.6 is 0 Å². The number of rotatable bonds is 0. The highest BCUT2D eigenvalue weighted by atomic mass is 19.1. The van der Waals surface area contributed by atoms with E-state index in [1.54, 1.807) is 0 Å². The zero-order valence-electron chi connectivity index (χ0n) is 5.49. The summed E-state index contributed by atoms with van der Waals surface area (Å²) in [7, 11) is 0. The summed E-state index contributed by atoms with van der Waals surface area (Å²) < 4.78 is 12.7. The van der Waals surface area contributed by atoms with Gasteiger partial charge in [0, 0.05) is 0 Å². The predicted molar refractivity (Wildman–Crippen MR) is 37.0 cm³/mol. The fourth-order valence-electron chi connectivity index (χ4n) is 1.05. The van der Waals surface area contributed by atoms with Crippen LogP contribution < -0.4 is 0 Å². The van der Waals surface area contributed by atoms with Crippen molar-refractivity contribution in [3.8, 4) is 0 Å². The number of hydrogen-bond donors (Lipinski definition) is 0. The normalized spacial score (nSPS) is 28.8. The van der Waals surface area contributed by atoms with Crippen LogP contribution in [0.1, 0.15) is 19.3 Å². The van der Waals surface area contributed by atoms with E-state index in [-0.39, 0.29) is 0 Å². The molecular weight excluding hydrogens is 115 g/mol. The summed E-state index contributed by atoms with van der Waals surface area (Å²) in [5, 5.41) is 0. The topological polar surface area (TPSA) is 0 Å². The van der Waals surface area contributed by atoms with Gasteiger partial charge in [0.05, 0.1) is 0 Å². The maximum absolute atomic E-state index is 12.7. The van der Waals surface area contributed by atoms with Gasteiger partial charge in [-0.25, -0.2) is 4.39 Å². The molecule has 0 amide bonds. The molecule has 0 aromatic carbocycles. The van der Waals surface area contributed by atoms with Crippen molar-refractivity contribution in [1.29, 1.82) is 0 Å². The number of halogens is 1. The molecule has 1 saturated carbocycles. The Labute approximate surface area is 55.1 Å². The Morgan fingerprint density at radius 3 is 2.56 bits per heavy atom. The lowest BCUT2D eigenvalue weighted by molar-refractivity contribution is 0.340. The van der Waals surface area contributed by atoms with E-state index in [2.05, 4.69) is 13.2 Å². The molecule has 0 aromatic heterocycles. The van der Waals surface area contributed by atoms with Gasteiger partial charge >= 0.3 is 0 Å². The molecule has 1 aliphatic rings. The second kappa shape index (κ2) is 2.34. The van der Waals surface area contributed by atoms with Crippen molar-refractivity contribution >= 4 is 0 Å². The van der Waals surface area contributed by atoms with Gasteiger partial charge in [0.25, 0.3) is 0 Å². The Bertz CT molecular complexity index is 147. The van der Waals surface area contributed by atoms with Gasteiger partial charge in [-0.15, -0.1) is 0 Å². The van der Waals surface area contributed by atoms with Crippen molar-refractivity contribution in [2.45, 2.75) is 25.4 Å². The Hall–Kier alpha value is -0.590. The molecule has 0 spiro atoms. The summed E-state index contributed by atoms with van der Waals surface area (Å²) in [6.07, 6.45) is 1.68. The van der Waals surface area contributed by atoms with E-state index in [4.69, 9.17) is 0 Å². The van der Waals surface area contributed by atoms with Crippen molar-refractivity contribution in [3.63, 3.8) is 0 Å². The van der Waals surface area contributed by atoms with Gasteiger partial charge in [0.2, 0.25) is 0 Å². The van der Waals surface area contributed by atoms with E-state index >= 15 is 0 Å². The summed E-state index contributed by atoms with van der Waals surface area (Å²) in [6.45, 7) is 7.31. The number of allylic oxidation sites excluding steroid dienone is 2. The Balaban J connectivity index is 2.62. The maximum atomic E-state index is 12.7. The van der Waals surface area contributed by atoms with Crippen LogP contribution in [-0.4, -0.2) is 6.17 Å². The van der Waals surface area contributed by atoms with Crippen molar-refractivity contribution in [2.24, 2.45) is 0 Å². The largest absolute Gasteiger partial charge is 0.242 e. The molecule has 50 valence electrons. The van der Waals surface area contributed by atoms with E-state index in [9.17, 15) is 4.39 Å². The summed E-state index contributed by atoms with van der Waals surface area (Å²) >= 11 is 0. The minimum Gasteiger partial charge on any atom is -0.242 e. The molecule has 1 rings (SSSR count). The average molecular weight is 126 g/mol. The highest BCUT2D eigenvalue weighted by molar-refractivity contribution is 5.30. The predicted octanol–water partition coefficient (Wildman–Crippen LogP) is 2.62. The number of alkyl halides is 1. The third-order valence-corrected chi connectivity index (χ3v) is 1.77. The molecule has 1 heteroatoms. The van der Waals surface area contributed by atoms with Crippen molar-refractivity contribution in [3.05, 3.63) is 24.3 Å². The monoisotopic (exact) mass is 126 g/mol. The molecule has 0 nitrogen and oxygen atoms in total. The molecular formula is C8H11F. The van der Waals surface area contributed by atoms with Gasteiger partial charge in [-0.05, 0) is 30.4 Å². The molecule has 0 heterocycles. The lowest BCUT2D eigenvalue weighted by atomic mass is 9.90. The Morgan fingerprint density at radius 2 is 2.11 bits per heavy atom. The SMILES string of the molecule is C=C1CCC[C@H](F)C1=C. The second-order valence-corrected chi connectivity index (χ2v) is 2.49. The molecule has 1 aliphatic carbocycles. The van der Waals surface area contributed by atoms with Crippen molar-refractivity contribution in [1.82, 2.24) is 0 Å². The van der Waals surface area contributed by atoms with E-state index in [1.807, 2.05) is 0 Å². The molecule has 0 saturated heterocycles. The summed E-state index contributed by atoms with van der Waals surface area (Å²) in [5.41, 5.74) is 1.51. The smallest absolute Gasteiger partial charge is 0.125 e. The van der Waals surface area contributed by atoms with Gasteiger partial charge in [0.1, 0.15) is 6.17 Å².